The molecule has 3 nitrogen and oxygen atoms in total. The fraction of sp³-hybridized carbons (Fsp3) is 0.533. The third-order valence-electron chi connectivity index (χ3n) is 4.13. The number of morpholine rings is 1. The van der Waals surface area contributed by atoms with Gasteiger partial charge in [0.25, 0.3) is 0 Å². The minimum Gasteiger partial charge on any atom is -0.367 e. The quantitative estimate of drug-likeness (QED) is 0.858. The van der Waals surface area contributed by atoms with Crippen molar-refractivity contribution >= 4 is 17.4 Å². The van der Waals surface area contributed by atoms with Crippen molar-refractivity contribution in [1.29, 1.82) is 0 Å². The molecule has 2 aliphatic rings. The Bertz CT molecular complexity index is 523. The van der Waals surface area contributed by atoms with Crippen LogP contribution in [0.25, 0.3) is 0 Å². The highest BCUT2D eigenvalue weighted by Crippen LogP contribution is 2.24. The Balaban J connectivity index is 1.64. The van der Waals surface area contributed by atoms with Crippen LogP contribution >= 0.6 is 11.6 Å². The molecule has 0 aromatic heterocycles. The molecular formula is C15H17ClFNO2. The van der Waals surface area contributed by atoms with E-state index in [4.69, 9.17) is 16.3 Å². The first kappa shape index (κ1) is 14.0. The van der Waals surface area contributed by atoms with Crippen LogP contribution in [0.1, 0.15) is 18.4 Å². The van der Waals surface area contributed by atoms with Gasteiger partial charge in [-0.3, -0.25) is 9.69 Å². The third-order valence-corrected chi connectivity index (χ3v) is 4.48. The molecule has 3 rings (SSSR count). The van der Waals surface area contributed by atoms with Gasteiger partial charge < -0.3 is 4.74 Å². The first-order valence-electron chi connectivity index (χ1n) is 6.96. The summed E-state index contributed by atoms with van der Waals surface area (Å²) in [5, 5.41) is 0.299. The van der Waals surface area contributed by atoms with Crippen LogP contribution in [0.4, 0.5) is 4.39 Å². The molecule has 2 fully saturated rings. The number of fused-ring (bicyclic) bond motifs is 1. The van der Waals surface area contributed by atoms with Crippen LogP contribution in [-0.2, 0) is 16.0 Å². The van der Waals surface area contributed by atoms with Crippen molar-refractivity contribution in [3.05, 3.63) is 34.6 Å². The van der Waals surface area contributed by atoms with Gasteiger partial charge in [0.05, 0.1) is 6.61 Å². The lowest BCUT2D eigenvalue weighted by atomic mass is 10.0. The summed E-state index contributed by atoms with van der Waals surface area (Å²) < 4.78 is 18.7. The van der Waals surface area contributed by atoms with Gasteiger partial charge in [-0.15, -0.1) is 0 Å². The zero-order valence-corrected chi connectivity index (χ0v) is 11.9. The molecule has 0 spiro atoms. The highest BCUT2D eigenvalue weighted by atomic mass is 35.5. The summed E-state index contributed by atoms with van der Waals surface area (Å²) in [7, 11) is 0. The maximum atomic E-state index is 13.0. The van der Waals surface area contributed by atoms with Crippen molar-refractivity contribution in [2.75, 3.05) is 19.7 Å². The van der Waals surface area contributed by atoms with Gasteiger partial charge >= 0.3 is 0 Å². The standard InChI is InChI=1S/C15H17ClFNO2/c16-13-7-11(17)4-3-10(13)6-14(19)15-8-18-5-1-2-12(18)9-20-15/h3-4,7,12,15H,1-2,5-6,8-9H2. The van der Waals surface area contributed by atoms with E-state index in [-0.39, 0.29) is 24.1 Å². The fourth-order valence-corrected chi connectivity index (χ4v) is 3.21. The number of benzene rings is 1. The van der Waals surface area contributed by atoms with Crippen LogP contribution in [0.3, 0.4) is 0 Å². The van der Waals surface area contributed by atoms with E-state index in [1.807, 2.05) is 0 Å². The van der Waals surface area contributed by atoms with Crippen LogP contribution in [0.15, 0.2) is 18.2 Å². The second kappa shape index (κ2) is 5.80. The second-order valence-corrected chi connectivity index (χ2v) is 5.90. The molecule has 5 heteroatoms. The SMILES string of the molecule is O=C(Cc1ccc(F)cc1Cl)C1CN2CCCC2CO1. The Labute approximate surface area is 122 Å². The maximum absolute atomic E-state index is 13.0. The molecule has 0 saturated carbocycles. The van der Waals surface area contributed by atoms with Crippen LogP contribution in [0, 0.1) is 5.82 Å². The van der Waals surface area contributed by atoms with E-state index in [2.05, 4.69) is 4.90 Å². The van der Waals surface area contributed by atoms with Gasteiger partial charge in [-0.1, -0.05) is 17.7 Å². The van der Waals surface area contributed by atoms with Crippen molar-refractivity contribution in [3.8, 4) is 0 Å². The largest absolute Gasteiger partial charge is 0.367 e. The first-order chi connectivity index (χ1) is 9.63. The molecule has 1 aromatic carbocycles. The zero-order valence-electron chi connectivity index (χ0n) is 11.1. The average Bonchev–Trinajstić information content (AvgIpc) is 2.89. The van der Waals surface area contributed by atoms with Crippen molar-refractivity contribution in [3.63, 3.8) is 0 Å². The number of ketones is 1. The summed E-state index contributed by atoms with van der Waals surface area (Å²) in [6.45, 7) is 2.35. The monoisotopic (exact) mass is 297 g/mol. The van der Waals surface area contributed by atoms with E-state index in [0.29, 0.717) is 29.8 Å². The fourth-order valence-electron chi connectivity index (χ4n) is 2.98. The topological polar surface area (TPSA) is 29.5 Å². The summed E-state index contributed by atoms with van der Waals surface area (Å²) in [6, 6.07) is 4.61. The molecule has 2 aliphatic heterocycles. The summed E-state index contributed by atoms with van der Waals surface area (Å²) in [6.07, 6.45) is 2.15. The van der Waals surface area contributed by atoms with Gasteiger partial charge in [-0.05, 0) is 37.1 Å². The molecule has 0 radical (unpaired) electrons. The molecule has 0 amide bonds. The molecule has 0 bridgehead atoms. The molecule has 2 heterocycles. The summed E-state index contributed by atoms with van der Waals surface area (Å²) in [5.41, 5.74) is 0.658. The van der Waals surface area contributed by atoms with Gasteiger partial charge in [-0.25, -0.2) is 4.39 Å². The summed E-state index contributed by atoms with van der Waals surface area (Å²) in [5.74, 6) is -0.371. The second-order valence-electron chi connectivity index (χ2n) is 5.49. The minimum absolute atomic E-state index is 0.0175. The minimum atomic E-state index is -0.389. The molecular weight excluding hydrogens is 281 g/mol. The Morgan fingerprint density at radius 1 is 1.50 bits per heavy atom. The highest BCUT2D eigenvalue weighted by Gasteiger charge is 2.35. The average molecular weight is 298 g/mol. The molecule has 2 saturated heterocycles. The van der Waals surface area contributed by atoms with Gasteiger partial charge in [0.2, 0.25) is 0 Å². The number of carbonyl (C=O) groups excluding carboxylic acids is 1. The van der Waals surface area contributed by atoms with Crippen LogP contribution in [0.5, 0.6) is 0 Å². The van der Waals surface area contributed by atoms with E-state index in [9.17, 15) is 9.18 Å². The lowest BCUT2D eigenvalue weighted by Gasteiger charge is -2.34. The van der Waals surface area contributed by atoms with Crippen molar-refractivity contribution < 1.29 is 13.9 Å². The molecule has 0 N–H and O–H groups in total. The Morgan fingerprint density at radius 2 is 2.35 bits per heavy atom. The van der Waals surface area contributed by atoms with Gasteiger partial charge in [0.1, 0.15) is 11.9 Å². The molecule has 20 heavy (non-hydrogen) atoms. The normalized spacial score (nSPS) is 26.5. The number of Topliss-reactive ketones (excluding diaryl/α,β-unsaturated/α-hetero) is 1. The lowest BCUT2D eigenvalue weighted by molar-refractivity contribution is -0.137. The molecule has 2 atom stereocenters. The number of hydrogen-bond donors (Lipinski definition) is 0. The number of ether oxygens (including phenoxy) is 1. The van der Waals surface area contributed by atoms with E-state index in [0.717, 1.165) is 13.0 Å². The van der Waals surface area contributed by atoms with Gasteiger partial charge in [0.15, 0.2) is 5.78 Å². The first-order valence-corrected chi connectivity index (χ1v) is 7.33. The van der Waals surface area contributed by atoms with Crippen LogP contribution < -0.4 is 0 Å². The Hall–Kier alpha value is -0.970. The van der Waals surface area contributed by atoms with Crippen LogP contribution in [0.2, 0.25) is 5.02 Å². The predicted octanol–water partition coefficient (Wildman–Crippen LogP) is 2.45. The zero-order chi connectivity index (χ0) is 14.1. The van der Waals surface area contributed by atoms with E-state index in [1.54, 1.807) is 6.07 Å². The lowest BCUT2D eigenvalue weighted by Crippen LogP contribution is -2.49. The summed E-state index contributed by atoms with van der Waals surface area (Å²) >= 11 is 5.96. The van der Waals surface area contributed by atoms with Crippen LogP contribution in [-0.4, -0.2) is 42.5 Å². The number of rotatable bonds is 3. The van der Waals surface area contributed by atoms with E-state index >= 15 is 0 Å². The highest BCUT2D eigenvalue weighted by molar-refractivity contribution is 6.31. The number of hydrogen-bond acceptors (Lipinski definition) is 3. The molecule has 0 aliphatic carbocycles. The Kier molecular flexibility index (Phi) is 4.06. The third kappa shape index (κ3) is 2.87. The van der Waals surface area contributed by atoms with Crippen molar-refractivity contribution in [2.45, 2.75) is 31.4 Å². The summed E-state index contributed by atoms with van der Waals surface area (Å²) in [4.78, 5) is 14.6. The number of nitrogens with zero attached hydrogens (tertiary/aromatic N) is 1. The smallest absolute Gasteiger partial charge is 0.167 e. The molecule has 1 aromatic rings. The molecule has 2 unspecified atom stereocenters. The van der Waals surface area contributed by atoms with Gasteiger partial charge in [-0.2, -0.15) is 0 Å². The number of halogens is 2. The Morgan fingerprint density at radius 3 is 3.15 bits per heavy atom. The van der Waals surface area contributed by atoms with Gasteiger partial charge in [0, 0.05) is 24.0 Å². The van der Waals surface area contributed by atoms with Crippen molar-refractivity contribution in [1.82, 2.24) is 4.90 Å². The number of carbonyl (C=O) groups is 1. The van der Waals surface area contributed by atoms with E-state index in [1.165, 1.54) is 18.6 Å². The van der Waals surface area contributed by atoms with E-state index < -0.39 is 0 Å². The van der Waals surface area contributed by atoms with Crippen molar-refractivity contribution in [2.24, 2.45) is 0 Å². The maximum Gasteiger partial charge on any atom is 0.167 e. The predicted molar refractivity (Wildman–Crippen MR) is 74.5 cm³/mol. The molecule has 108 valence electrons.